The van der Waals surface area contributed by atoms with Gasteiger partial charge in [0.15, 0.2) is 0 Å². The Morgan fingerprint density at radius 2 is 1.67 bits per heavy atom. The van der Waals surface area contributed by atoms with Crippen LogP contribution in [0.4, 0.5) is 5.69 Å². The maximum Gasteiger partial charge on any atom is 0.316 e. The molecule has 1 fully saturated rings. The van der Waals surface area contributed by atoms with E-state index in [4.69, 9.17) is 4.74 Å². The highest BCUT2D eigenvalue weighted by molar-refractivity contribution is 7.89. The second-order valence-corrected chi connectivity index (χ2v) is 11.1. The van der Waals surface area contributed by atoms with Gasteiger partial charge in [-0.3, -0.25) is 4.79 Å². The molecule has 1 aromatic heterocycles. The maximum absolute atomic E-state index is 13.4. The van der Waals surface area contributed by atoms with E-state index >= 15 is 0 Å². The van der Waals surface area contributed by atoms with Crippen LogP contribution < -0.4 is 15.2 Å². The lowest BCUT2D eigenvalue weighted by Crippen LogP contribution is -2.50. The van der Waals surface area contributed by atoms with Crippen molar-refractivity contribution in [1.82, 2.24) is 14.1 Å². The summed E-state index contributed by atoms with van der Waals surface area (Å²) in [5, 5.41) is 3.95. The first-order valence-corrected chi connectivity index (χ1v) is 13.4. The quantitative estimate of drug-likeness (QED) is 0.462. The summed E-state index contributed by atoms with van der Waals surface area (Å²) in [4.78, 5) is 15.4. The smallest absolute Gasteiger partial charge is 0.316 e. The van der Waals surface area contributed by atoms with E-state index in [-0.39, 0.29) is 11.3 Å². The van der Waals surface area contributed by atoms with Crippen LogP contribution in [-0.4, -0.2) is 60.5 Å². The third-order valence-electron chi connectivity index (χ3n) is 5.94. The minimum atomic E-state index is -3.30. The molecule has 33 heavy (non-hydrogen) atoms. The molecule has 182 valence electrons. The lowest BCUT2D eigenvalue weighted by Gasteiger charge is -2.36. The van der Waals surface area contributed by atoms with E-state index in [9.17, 15) is 13.2 Å². The number of nitrogens with zero attached hydrogens (tertiary/aromatic N) is 4. The van der Waals surface area contributed by atoms with Crippen molar-refractivity contribution in [2.24, 2.45) is 0 Å². The second kappa shape index (κ2) is 11.7. The van der Waals surface area contributed by atoms with Gasteiger partial charge in [0.2, 0.25) is 15.8 Å². The Morgan fingerprint density at radius 1 is 1.00 bits per heavy atom. The second-order valence-electron chi connectivity index (χ2n) is 8.65. The summed E-state index contributed by atoms with van der Waals surface area (Å²) in [6, 6.07) is 9.28. The van der Waals surface area contributed by atoms with E-state index in [1.807, 2.05) is 35.2 Å². The summed E-state index contributed by atoms with van der Waals surface area (Å²) >= 11 is 0. The first-order valence-electron chi connectivity index (χ1n) is 11.9. The molecule has 0 spiro atoms. The zero-order valence-corrected chi connectivity index (χ0v) is 20.8. The van der Waals surface area contributed by atoms with Crippen molar-refractivity contribution in [3.05, 3.63) is 46.9 Å². The molecule has 1 aliphatic heterocycles. The van der Waals surface area contributed by atoms with Gasteiger partial charge in [0.05, 0.1) is 23.7 Å². The van der Waals surface area contributed by atoms with E-state index in [0.29, 0.717) is 44.2 Å². The molecule has 0 unspecified atom stereocenters. The summed E-state index contributed by atoms with van der Waals surface area (Å²) < 4.78 is 34.0. The predicted octanol–water partition coefficient (Wildman–Crippen LogP) is 3.44. The van der Waals surface area contributed by atoms with Crippen LogP contribution in [0.2, 0.25) is 0 Å². The Labute approximate surface area is 197 Å². The fraction of sp³-hybridized carbons (Fsp3) is 0.583. The average molecular weight is 477 g/mol. The molecule has 0 saturated carbocycles. The van der Waals surface area contributed by atoms with E-state index in [0.717, 1.165) is 19.3 Å². The summed E-state index contributed by atoms with van der Waals surface area (Å²) in [7, 11) is -3.30. The van der Waals surface area contributed by atoms with E-state index < -0.39 is 15.3 Å². The monoisotopic (exact) mass is 476 g/mol. The maximum atomic E-state index is 13.4. The van der Waals surface area contributed by atoms with Crippen LogP contribution in [-0.2, 0) is 10.0 Å². The largest absolute Gasteiger partial charge is 0.486 e. The van der Waals surface area contributed by atoms with Gasteiger partial charge in [-0.05, 0) is 32.4 Å². The fourth-order valence-electron chi connectivity index (χ4n) is 3.90. The van der Waals surface area contributed by atoms with Crippen molar-refractivity contribution in [3.63, 3.8) is 0 Å². The number of sulfonamides is 1. The lowest BCUT2D eigenvalue weighted by molar-refractivity contribution is 0.297. The summed E-state index contributed by atoms with van der Waals surface area (Å²) in [5.74, 6) is 0.282. The van der Waals surface area contributed by atoms with Crippen LogP contribution in [0.15, 0.2) is 41.3 Å². The minimum Gasteiger partial charge on any atom is -0.486 e. The van der Waals surface area contributed by atoms with Gasteiger partial charge < -0.3 is 9.64 Å². The molecule has 2 aromatic rings. The van der Waals surface area contributed by atoms with Gasteiger partial charge in [-0.15, -0.1) is 0 Å². The lowest BCUT2D eigenvalue weighted by atomic mass is 10.2. The van der Waals surface area contributed by atoms with Crippen LogP contribution >= 0.6 is 0 Å². The zero-order valence-electron chi connectivity index (χ0n) is 19.9. The van der Waals surface area contributed by atoms with Crippen LogP contribution in [0, 0.1) is 0 Å². The molecule has 3 rings (SSSR count). The first kappa shape index (κ1) is 25.2. The number of anilines is 1. The number of para-hydroxylation sites is 1. The Balaban J connectivity index is 1.81. The Bertz CT molecular complexity index is 1050. The molecule has 8 nitrogen and oxygen atoms in total. The molecular weight excluding hydrogens is 440 g/mol. The summed E-state index contributed by atoms with van der Waals surface area (Å²) in [6.07, 6.45) is 7.14. The Hall–Kier alpha value is -2.39. The number of ether oxygens (including phenoxy) is 1. The number of hydrogen-bond donors (Lipinski definition) is 0. The molecular formula is C24H36N4O4S. The summed E-state index contributed by atoms with van der Waals surface area (Å²) in [6.45, 7) is 7.75. The van der Waals surface area contributed by atoms with Crippen LogP contribution in [0.1, 0.15) is 52.9 Å². The molecule has 0 amide bonds. The number of piperazine rings is 1. The van der Waals surface area contributed by atoms with Gasteiger partial charge >= 0.3 is 5.56 Å². The predicted molar refractivity (Wildman–Crippen MR) is 132 cm³/mol. The van der Waals surface area contributed by atoms with Gasteiger partial charge in [0, 0.05) is 26.2 Å². The highest BCUT2D eigenvalue weighted by Gasteiger charge is 2.31. The molecule has 1 aliphatic rings. The molecule has 0 N–H and O–H groups in total. The number of rotatable bonds is 11. The van der Waals surface area contributed by atoms with Crippen molar-refractivity contribution >= 4 is 15.7 Å². The highest BCUT2D eigenvalue weighted by atomic mass is 32.2. The molecule has 0 radical (unpaired) electrons. The molecule has 9 heteroatoms. The van der Waals surface area contributed by atoms with Crippen molar-refractivity contribution in [2.45, 2.75) is 58.1 Å². The van der Waals surface area contributed by atoms with Crippen LogP contribution in [0.5, 0.6) is 5.75 Å². The first-order chi connectivity index (χ1) is 15.9. The fourth-order valence-corrected chi connectivity index (χ4v) is 5.17. The number of hydrogen-bond acceptors (Lipinski definition) is 6. The normalized spacial score (nSPS) is 15.2. The molecule has 2 heterocycles. The molecule has 1 saturated heterocycles. The van der Waals surface area contributed by atoms with E-state index in [1.165, 1.54) is 21.8 Å². The van der Waals surface area contributed by atoms with Gasteiger partial charge in [-0.2, -0.15) is 14.1 Å². The zero-order chi connectivity index (χ0) is 23.8. The van der Waals surface area contributed by atoms with Crippen molar-refractivity contribution in [3.8, 4) is 11.4 Å². The van der Waals surface area contributed by atoms with Crippen molar-refractivity contribution in [2.75, 3.05) is 37.7 Å². The van der Waals surface area contributed by atoms with E-state index in [2.05, 4.69) is 12.0 Å². The van der Waals surface area contributed by atoms with Gasteiger partial charge in [-0.25, -0.2) is 8.42 Å². The van der Waals surface area contributed by atoms with Gasteiger partial charge in [0.1, 0.15) is 5.69 Å². The molecule has 0 bridgehead atoms. The number of benzene rings is 1. The van der Waals surface area contributed by atoms with Crippen LogP contribution in [0.25, 0.3) is 5.69 Å². The number of aromatic nitrogens is 2. The SMILES string of the molecule is CCCCCCCOc1c(N2CCN(S(=O)(=O)C(C)C)CC2)cnn(-c2ccccc2)c1=O. The highest BCUT2D eigenvalue weighted by Crippen LogP contribution is 2.26. The number of unbranched alkanes of at least 4 members (excludes halogenated alkanes) is 4. The topological polar surface area (TPSA) is 84.7 Å². The van der Waals surface area contributed by atoms with Crippen LogP contribution in [0.3, 0.4) is 0 Å². The Morgan fingerprint density at radius 3 is 2.30 bits per heavy atom. The van der Waals surface area contributed by atoms with E-state index in [1.54, 1.807) is 20.0 Å². The third kappa shape index (κ3) is 6.14. The van der Waals surface area contributed by atoms with Crippen molar-refractivity contribution < 1.29 is 13.2 Å². The average Bonchev–Trinajstić information content (AvgIpc) is 2.82. The molecule has 0 aliphatic carbocycles. The van der Waals surface area contributed by atoms with Gasteiger partial charge in [0.25, 0.3) is 0 Å². The summed E-state index contributed by atoms with van der Waals surface area (Å²) in [5.41, 5.74) is 1.00. The third-order valence-corrected chi connectivity index (χ3v) is 8.22. The van der Waals surface area contributed by atoms with Gasteiger partial charge in [-0.1, -0.05) is 50.8 Å². The van der Waals surface area contributed by atoms with Crippen molar-refractivity contribution in [1.29, 1.82) is 0 Å². The molecule has 1 aromatic carbocycles. The molecule has 0 atom stereocenters. The minimum absolute atomic E-state index is 0.282. The Kier molecular flexibility index (Phi) is 8.91. The standard InChI is InChI=1S/C24H36N4O4S/c1-4-5-6-7-11-18-32-23-22(19-25-28(24(23)29)21-12-9-8-10-13-21)26-14-16-27(17-15-26)33(30,31)20(2)3/h8-10,12-13,19-20H,4-7,11,14-18H2,1-3H3.